The summed E-state index contributed by atoms with van der Waals surface area (Å²) in [6, 6.07) is 12.2. The molecule has 1 atom stereocenters. The third-order valence-corrected chi connectivity index (χ3v) is 6.76. The second-order valence-corrected chi connectivity index (χ2v) is 9.77. The van der Waals surface area contributed by atoms with Gasteiger partial charge in [0.2, 0.25) is 0 Å². The standard InChI is InChI=1S/C26H28N2O4S2.Li/c1-17-5-3-4-6-21(17)23-13-18(11-19(15-29)12-20-14-27-16-34-20)7-8-22(23)25(30)28-24(26(31)32)9-10-33-2;/h3-8,12-14,16,24,29H,9-11,15H2,1-2H3,(H,28,30)(H,31,32);/q;+1/p-1/b19-12+;/t24-;/m0./s1. The van der Waals surface area contributed by atoms with Crippen LogP contribution >= 0.6 is 23.1 Å². The van der Waals surface area contributed by atoms with Crippen LogP contribution in [0.4, 0.5) is 0 Å². The van der Waals surface area contributed by atoms with Gasteiger partial charge in [0.15, 0.2) is 0 Å². The maximum atomic E-state index is 13.2. The summed E-state index contributed by atoms with van der Waals surface area (Å²) in [6.45, 7) is 1.87. The third kappa shape index (κ3) is 8.09. The number of thiazole rings is 1. The molecule has 9 heteroatoms. The number of amides is 1. The van der Waals surface area contributed by atoms with E-state index in [4.69, 9.17) is 0 Å². The van der Waals surface area contributed by atoms with Crippen LogP contribution in [-0.2, 0) is 11.2 Å². The molecule has 1 amide bonds. The normalized spacial score (nSPS) is 12.0. The topological polar surface area (TPSA) is 102 Å². The van der Waals surface area contributed by atoms with E-state index in [1.807, 2.05) is 55.7 Å². The summed E-state index contributed by atoms with van der Waals surface area (Å²) in [7, 11) is 0. The van der Waals surface area contributed by atoms with Gasteiger partial charge in [-0.2, -0.15) is 11.8 Å². The summed E-state index contributed by atoms with van der Waals surface area (Å²) in [4.78, 5) is 29.7. The average Bonchev–Trinajstić information content (AvgIpc) is 3.34. The van der Waals surface area contributed by atoms with E-state index in [9.17, 15) is 19.8 Å². The number of aryl methyl sites for hydroxylation is 1. The predicted octanol–water partition coefficient (Wildman–Crippen LogP) is 0.342. The number of nitrogens with one attached hydrogen (secondary N) is 1. The van der Waals surface area contributed by atoms with Gasteiger partial charge in [0.1, 0.15) is 0 Å². The van der Waals surface area contributed by atoms with Crippen LogP contribution in [0.2, 0.25) is 0 Å². The Kier molecular flexibility index (Phi) is 11.8. The van der Waals surface area contributed by atoms with Crippen LogP contribution in [0, 0.1) is 6.92 Å². The number of carboxylic acids is 1. The molecule has 0 aliphatic rings. The van der Waals surface area contributed by atoms with Crippen LogP contribution in [0.3, 0.4) is 0 Å². The van der Waals surface area contributed by atoms with Crippen molar-refractivity contribution in [2.24, 2.45) is 0 Å². The molecule has 0 fully saturated rings. The Hall–Kier alpha value is -2.34. The number of aliphatic hydroxyl groups excluding tert-OH is 1. The van der Waals surface area contributed by atoms with Crippen molar-refractivity contribution in [2.75, 3.05) is 18.6 Å². The first-order chi connectivity index (χ1) is 16.4. The van der Waals surface area contributed by atoms with E-state index in [2.05, 4.69) is 10.3 Å². The van der Waals surface area contributed by atoms with Crippen molar-refractivity contribution < 1.29 is 38.7 Å². The molecular formula is C26H27LiN2O4S2. The molecule has 0 spiro atoms. The van der Waals surface area contributed by atoms with Gasteiger partial charge in [-0.15, -0.1) is 11.3 Å². The van der Waals surface area contributed by atoms with Crippen molar-refractivity contribution in [1.29, 1.82) is 0 Å². The number of thioether (sulfide) groups is 1. The minimum absolute atomic E-state index is 0. The molecule has 6 nitrogen and oxygen atoms in total. The minimum Gasteiger partial charge on any atom is -0.548 e. The number of carbonyl (C=O) groups is 2. The molecule has 0 saturated carbocycles. The molecule has 0 saturated heterocycles. The first kappa shape index (κ1) is 28.9. The number of aliphatic hydroxyl groups is 1. The zero-order valence-corrected chi connectivity index (χ0v) is 21.7. The maximum absolute atomic E-state index is 13.2. The Morgan fingerprint density at radius 2 is 2.00 bits per heavy atom. The van der Waals surface area contributed by atoms with Crippen molar-refractivity contribution in [3.63, 3.8) is 0 Å². The largest absolute Gasteiger partial charge is 1.00 e. The van der Waals surface area contributed by atoms with E-state index in [0.29, 0.717) is 23.3 Å². The summed E-state index contributed by atoms with van der Waals surface area (Å²) in [5, 5.41) is 24.0. The van der Waals surface area contributed by atoms with E-state index >= 15 is 0 Å². The molecule has 1 aromatic heterocycles. The van der Waals surface area contributed by atoms with Crippen molar-refractivity contribution in [2.45, 2.75) is 25.8 Å². The minimum atomic E-state index is -1.29. The second-order valence-electron chi connectivity index (χ2n) is 7.86. The molecule has 2 N–H and O–H groups in total. The zero-order valence-electron chi connectivity index (χ0n) is 20.1. The maximum Gasteiger partial charge on any atom is 1.00 e. The van der Waals surface area contributed by atoms with Crippen LogP contribution in [0.5, 0.6) is 0 Å². The molecule has 0 radical (unpaired) electrons. The summed E-state index contributed by atoms with van der Waals surface area (Å²) in [5.74, 6) is -1.15. The van der Waals surface area contributed by atoms with E-state index in [1.165, 1.54) is 23.1 Å². The summed E-state index contributed by atoms with van der Waals surface area (Å²) >= 11 is 3.00. The molecule has 3 rings (SSSR count). The SMILES string of the molecule is CSCC[C@H](NC(=O)c1ccc(C/C(=C\c2cncs2)CO)cc1-c1ccccc1C)C(=O)[O-].[Li+]. The van der Waals surface area contributed by atoms with Crippen molar-refractivity contribution >= 4 is 41.1 Å². The van der Waals surface area contributed by atoms with Crippen molar-refractivity contribution in [3.05, 3.63) is 81.3 Å². The van der Waals surface area contributed by atoms with E-state index in [0.717, 1.165) is 27.1 Å². The van der Waals surface area contributed by atoms with Crippen molar-refractivity contribution in [1.82, 2.24) is 10.3 Å². The number of aliphatic carboxylic acids is 1. The molecule has 3 aromatic rings. The Morgan fingerprint density at radius 1 is 1.23 bits per heavy atom. The third-order valence-electron chi connectivity index (χ3n) is 5.40. The predicted molar refractivity (Wildman–Crippen MR) is 137 cm³/mol. The zero-order chi connectivity index (χ0) is 24.5. The molecular weight excluding hydrogens is 475 g/mol. The van der Waals surface area contributed by atoms with Gasteiger partial charge in [0.05, 0.1) is 24.1 Å². The van der Waals surface area contributed by atoms with Gasteiger partial charge in [0.25, 0.3) is 5.91 Å². The van der Waals surface area contributed by atoms with Gasteiger partial charge in [0, 0.05) is 16.6 Å². The van der Waals surface area contributed by atoms with E-state index < -0.39 is 17.9 Å². The number of rotatable bonds is 11. The molecule has 0 unspecified atom stereocenters. The number of benzene rings is 2. The van der Waals surface area contributed by atoms with Gasteiger partial charge < -0.3 is 20.3 Å². The molecule has 1 heterocycles. The second kappa shape index (κ2) is 14.3. The molecule has 178 valence electrons. The fraction of sp³-hybridized carbons (Fsp3) is 0.269. The molecule has 0 bridgehead atoms. The van der Waals surface area contributed by atoms with Gasteiger partial charge >= 0.3 is 18.9 Å². The van der Waals surface area contributed by atoms with Crippen molar-refractivity contribution in [3.8, 4) is 11.1 Å². The molecule has 0 aliphatic heterocycles. The Labute approximate surface area is 226 Å². The first-order valence-electron chi connectivity index (χ1n) is 10.8. The van der Waals surface area contributed by atoms with Crippen LogP contribution < -0.4 is 29.3 Å². The smallest absolute Gasteiger partial charge is 0.548 e. The average molecular weight is 503 g/mol. The van der Waals surface area contributed by atoms with Gasteiger partial charge in [-0.25, -0.2) is 0 Å². The van der Waals surface area contributed by atoms with Gasteiger partial charge in [-0.05, 0) is 71.7 Å². The summed E-state index contributed by atoms with van der Waals surface area (Å²) in [6.07, 6.45) is 6.34. The number of hydrogen-bond donors (Lipinski definition) is 2. The summed E-state index contributed by atoms with van der Waals surface area (Å²) in [5.41, 5.74) is 6.49. The number of nitrogens with zero attached hydrogens (tertiary/aromatic N) is 1. The Bertz CT molecular complexity index is 1170. The van der Waals surface area contributed by atoms with Crippen LogP contribution in [0.1, 0.15) is 32.8 Å². The van der Waals surface area contributed by atoms with Gasteiger partial charge in [-0.1, -0.05) is 36.4 Å². The molecule has 35 heavy (non-hydrogen) atoms. The fourth-order valence-corrected chi connectivity index (χ4v) is 4.70. The van der Waals surface area contributed by atoms with E-state index in [-0.39, 0.29) is 31.9 Å². The quantitative estimate of drug-likeness (QED) is 0.367. The number of carboxylic acid groups (broad SMARTS) is 1. The van der Waals surface area contributed by atoms with E-state index in [1.54, 1.807) is 17.8 Å². The molecule has 0 aliphatic carbocycles. The Balaban J connectivity index is 0.00000432. The number of carbonyl (C=O) groups excluding carboxylic acids is 2. The van der Waals surface area contributed by atoms with Crippen LogP contribution in [-0.4, -0.2) is 46.6 Å². The van der Waals surface area contributed by atoms with Crippen LogP contribution in [0.15, 0.2) is 59.7 Å². The fourth-order valence-electron chi connectivity index (χ4n) is 3.63. The monoisotopic (exact) mass is 502 g/mol. The molecule has 2 aromatic carbocycles. The van der Waals surface area contributed by atoms with Gasteiger partial charge in [-0.3, -0.25) is 9.78 Å². The summed E-state index contributed by atoms with van der Waals surface area (Å²) < 4.78 is 0. The van der Waals surface area contributed by atoms with Crippen LogP contribution in [0.25, 0.3) is 17.2 Å². The first-order valence-corrected chi connectivity index (χ1v) is 13.1. The Morgan fingerprint density at radius 3 is 2.63 bits per heavy atom. The number of aromatic nitrogens is 1. The number of hydrogen-bond acceptors (Lipinski definition) is 7.